The van der Waals surface area contributed by atoms with Gasteiger partial charge in [-0.2, -0.15) is 0 Å². The number of aromatic hydroxyl groups is 2. The van der Waals surface area contributed by atoms with Gasteiger partial charge < -0.3 is 15.5 Å². The number of hydrogen-bond acceptors (Lipinski definition) is 5. The number of nitrogens with one attached hydrogen (secondary N) is 1. The van der Waals surface area contributed by atoms with Crippen molar-refractivity contribution in [3.05, 3.63) is 47.5 Å². The SMILES string of the molecule is CC(Nc1ccc2ncsc2c1)c1cc(O)ccc1O. The molecule has 0 fully saturated rings. The lowest BCUT2D eigenvalue weighted by Crippen LogP contribution is -2.06. The summed E-state index contributed by atoms with van der Waals surface area (Å²) in [7, 11) is 0. The van der Waals surface area contributed by atoms with Crippen molar-refractivity contribution in [1.29, 1.82) is 0 Å². The lowest BCUT2D eigenvalue weighted by Gasteiger charge is -2.17. The van der Waals surface area contributed by atoms with Crippen molar-refractivity contribution in [1.82, 2.24) is 4.98 Å². The van der Waals surface area contributed by atoms with Crippen LogP contribution in [0.1, 0.15) is 18.5 Å². The zero-order valence-electron chi connectivity index (χ0n) is 10.9. The molecule has 3 aromatic rings. The summed E-state index contributed by atoms with van der Waals surface area (Å²) in [5, 5.41) is 22.7. The third-order valence-electron chi connectivity index (χ3n) is 3.19. The standard InChI is InChI=1S/C15H14N2O2S/c1-9(12-7-11(18)3-5-14(12)19)17-10-2-4-13-15(6-10)20-8-16-13/h2-9,17-19H,1H3. The molecule has 2 aromatic carbocycles. The fourth-order valence-corrected chi connectivity index (χ4v) is 2.88. The molecule has 0 saturated carbocycles. The highest BCUT2D eigenvalue weighted by molar-refractivity contribution is 7.16. The van der Waals surface area contributed by atoms with E-state index in [2.05, 4.69) is 10.3 Å². The quantitative estimate of drug-likeness (QED) is 0.639. The van der Waals surface area contributed by atoms with Crippen molar-refractivity contribution in [3.8, 4) is 11.5 Å². The van der Waals surface area contributed by atoms with Crippen LogP contribution in [0.3, 0.4) is 0 Å². The molecule has 0 aliphatic carbocycles. The minimum atomic E-state index is -0.118. The van der Waals surface area contributed by atoms with Gasteiger partial charge >= 0.3 is 0 Å². The zero-order valence-corrected chi connectivity index (χ0v) is 11.7. The second-order valence-electron chi connectivity index (χ2n) is 4.64. The molecule has 1 aromatic heterocycles. The predicted molar refractivity (Wildman–Crippen MR) is 81.4 cm³/mol. The molecule has 1 atom stereocenters. The summed E-state index contributed by atoms with van der Waals surface area (Å²) in [6.07, 6.45) is 0. The average Bonchev–Trinajstić information content (AvgIpc) is 2.89. The van der Waals surface area contributed by atoms with Gasteiger partial charge in [-0.05, 0) is 43.3 Å². The molecular formula is C15H14N2O2S. The lowest BCUT2D eigenvalue weighted by molar-refractivity contribution is 0.451. The van der Waals surface area contributed by atoms with Gasteiger partial charge in [0.2, 0.25) is 0 Å². The van der Waals surface area contributed by atoms with Gasteiger partial charge in [0.05, 0.1) is 21.8 Å². The average molecular weight is 286 g/mol. The van der Waals surface area contributed by atoms with Crippen LogP contribution in [0.25, 0.3) is 10.2 Å². The van der Waals surface area contributed by atoms with E-state index in [0.29, 0.717) is 5.56 Å². The summed E-state index contributed by atoms with van der Waals surface area (Å²) < 4.78 is 1.11. The molecule has 1 heterocycles. The Balaban J connectivity index is 1.87. The van der Waals surface area contributed by atoms with E-state index in [4.69, 9.17) is 0 Å². The number of rotatable bonds is 3. The first-order valence-corrected chi connectivity index (χ1v) is 7.13. The Labute approximate surface area is 120 Å². The van der Waals surface area contributed by atoms with Gasteiger partial charge in [0.1, 0.15) is 11.5 Å². The van der Waals surface area contributed by atoms with Crippen molar-refractivity contribution >= 4 is 27.2 Å². The lowest BCUT2D eigenvalue weighted by atomic mass is 10.1. The first-order chi connectivity index (χ1) is 9.63. The summed E-state index contributed by atoms with van der Waals surface area (Å²) in [5.74, 6) is 0.311. The van der Waals surface area contributed by atoms with Crippen molar-refractivity contribution in [2.75, 3.05) is 5.32 Å². The molecule has 3 N–H and O–H groups in total. The van der Waals surface area contributed by atoms with Crippen LogP contribution in [0.5, 0.6) is 11.5 Å². The molecule has 0 spiro atoms. The fourth-order valence-electron chi connectivity index (χ4n) is 2.16. The van der Waals surface area contributed by atoms with Crippen LogP contribution in [0.15, 0.2) is 41.9 Å². The summed E-state index contributed by atoms with van der Waals surface area (Å²) in [4.78, 5) is 4.24. The van der Waals surface area contributed by atoms with E-state index >= 15 is 0 Å². The van der Waals surface area contributed by atoms with E-state index in [-0.39, 0.29) is 17.5 Å². The van der Waals surface area contributed by atoms with Crippen molar-refractivity contribution in [2.24, 2.45) is 0 Å². The molecule has 20 heavy (non-hydrogen) atoms. The molecule has 3 rings (SSSR count). The number of nitrogens with zero attached hydrogens (tertiary/aromatic N) is 1. The van der Waals surface area contributed by atoms with Gasteiger partial charge in [-0.15, -0.1) is 11.3 Å². The van der Waals surface area contributed by atoms with Gasteiger partial charge in [0.25, 0.3) is 0 Å². The summed E-state index contributed by atoms with van der Waals surface area (Å²) >= 11 is 1.59. The largest absolute Gasteiger partial charge is 0.508 e. The Morgan fingerprint density at radius 3 is 2.85 bits per heavy atom. The van der Waals surface area contributed by atoms with Crippen LogP contribution in [-0.2, 0) is 0 Å². The Hall–Kier alpha value is -2.27. The van der Waals surface area contributed by atoms with Crippen LogP contribution in [0.4, 0.5) is 5.69 Å². The van der Waals surface area contributed by atoms with Gasteiger partial charge in [-0.3, -0.25) is 0 Å². The Morgan fingerprint density at radius 1 is 1.15 bits per heavy atom. The topological polar surface area (TPSA) is 65.4 Å². The third kappa shape index (κ3) is 2.40. The highest BCUT2D eigenvalue weighted by Gasteiger charge is 2.11. The van der Waals surface area contributed by atoms with Gasteiger partial charge in [-0.1, -0.05) is 0 Å². The molecule has 0 saturated heterocycles. The third-order valence-corrected chi connectivity index (χ3v) is 3.98. The molecule has 0 aliphatic rings. The number of fused-ring (bicyclic) bond motifs is 1. The van der Waals surface area contributed by atoms with E-state index < -0.39 is 0 Å². The Bertz CT molecular complexity index is 754. The fraction of sp³-hybridized carbons (Fsp3) is 0.133. The van der Waals surface area contributed by atoms with Crippen molar-refractivity contribution in [3.63, 3.8) is 0 Å². The maximum absolute atomic E-state index is 9.86. The summed E-state index contributed by atoms with van der Waals surface area (Å²) in [6, 6.07) is 10.4. The molecule has 102 valence electrons. The van der Waals surface area contributed by atoms with Crippen molar-refractivity contribution < 1.29 is 10.2 Å². The summed E-state index contributed by atoms with van der Waals surface area (Å²) in [5.41, 5.74) is 4.42. The van der Waals surface area contributed by atoms with Crippen LogP contribution in [0, 0.1) is 0 Å². The molecule has 1 unspecified atom stereocenters. The zero-order chi connectivity index (χ0) is 14.1. The smallest absolute Gasteiger partial charge is 0.121 e. The molecular weight excluding hydrogens is 272 g/mol. The van der Waals surface area contributed by atoms with E-state index in [1.54, 1.807) is 17.4 Å². The van der Waals surface area contributed by atoms with Gasteiger partial charge in [0, 0.05) is 11.3 Å². The number of benzene rings is 2. The predicted octanol–water partition coefficient (Wildman–Crippen LogP) is 3.88. The second-order valence-corrected chi connectivity index (χ2v) is 5.53. The molecule has 0 amide bonds. The number of hydrogen-bond donors (Lipinski definition) is 3. The van der Waals surface area contributed by atoms with Crippen LogP contribution >= 0.6 is 11.3 Å². The van der Waals surface area contributed by atoms with Gasteiger partial charge in [-0.25, -0.2) is 4.98 Å². The van der Waals surface area contributed by atoms with E-state index in [1.807, 2.05) is 30.6 Å². The highest BCUT2D eigenvalue weighted by Crippen LogP contribution is 2.31. The molecule has 0 aliphatic heterocycles. The first-order valence-electron chi connectivity index (χ1n) is 6.25. The monoisotopic (exact) mass is 286 g/mol. The van der Waals surface area contributed by atoms with Gasteiger partial charge in [0.15, 0.2) is 0 Å². The van der Waals surface area contributed by atoms with Crippen LogP contribution < -0.4 is 5.32 Å². The number of aromatic nitrogens is 1. The highest BCUT2D eigenvalue weighted by atomic mass is 32.1. The maximum Gasteiger partial charge on any atom is 0.121 e. The Morgan fingerprint density at radius 2 is 2.00 bits per heavy atom. The first kappa shape index (κ1) is 12.7. The minimum absolute atomic E-state index is 0.118. The van der Waals surface area contributed by atoms with E-state index in [0.717, 1.165) is 15.9 Å². The second kappa shape index (κ2) is 5.02. The normalized spacial score (nSPS) is 12.4. The molecule has 0 radical (unpaired) electrons. The van der Waals surface area contributed by atoms with E-state index in [9.17, 15) is 10.2 Å². The molecule has 0 bridgehead atoms. The molecule has 5 heteroatoms. The Kier molecular flexibility index (Phi) is 3.20. The number of thiazole rings is 1. The molecule has 4 nitrogen and oxygen atoms in total. The van der Waals surface area contributed by atoms with E-state index in [1.165, 1.54) is 12.1 Å². The number of anilines is 1. The van der Waals surface area contributed by atoms with Crippen molar-refractivity contribution in [2.45, 2.75) is 13.0 Å². The maximum atomic E-state index is 9.86. The summed E-state index contributed by atoms with van der Waals surface area (Å²) in [6.45, 7) is 1.94. The van der Waals surface area contributed by atoms with Crippen LogP contribution in [-0.4, -0.2) is 15.2 Å². The number of phenols is 2. The number of phenolic OH excluding ortho intramolecular Hbond substituents is 2. The minimum Gasteiger partial charge on any atom is -0.508 e. The van der Waals surface area contributed by atoms with Crippen LogP contribution in [0.2, 0.25) is 0 Å².